The van der Waals surface area contributed by atoms with E-state index in [1.165, 1.54) is 0 Å². The maximum Gasteiger partial charge on any atom is 0.325 e. The van der Waals surface area contributed by atoms with Gasteiger partial charge < -0.3 is 24.7 Å². The minimum atomic E-state index is -0.796. The third kappa shape index (κ3) is 6.36. The average Bonchev–Trinajstić information content (AvgIpc) is 2.62. The van der Waals surface area contributed by atoms with Crippen molar-refractivity contribution in [2.75, 3.05) is 19.8 Å². The van der Waals surface area contributed by atoms with Gasteiger partial charge in [-0.1, -0.05) is 44.2 Å². The Hall–Kier alpha value is -1.47. The molecular weight excluding hydrogens is 334 g/mol. The molecule has 2 rings (SSSR count). The lowest BCUT2D eigenvalue weighted by molar-refractivity contribution is -0.300. The summed E-state index contributed by atoms with van der Waals surface area (Å²) in [7, 11) is 0. The third-order valence-corrected chi connectivity index (χ3v) is 4.44. The summed E-state index contributed by atoms with van der Waals surface area (Å²) in [5, 5.41) is 0. The molecule has 2 N–H and O–H groups in total. The minimum absolute atomic E-state index is 0.0305. The summed E-state index contributed by atoms with van der Waals surface area (Å²) in [5.41, 5.74) is 6.90. The van der Waals surface area contributed by atoms with Crippen LogP contribution in [0, 0.1) is 11.8 Å². The average molecular weight is 365 g/mol. The number of hydrogen-bond donors (Lipinski definition) is 1. The number of carbonyl (C=O) groups is 1. The maximum absolute atomic E-state index is 12.1. The molecule has 1 fully saturated rings. The number of carbonyl (C=O) groups excluding carboxylic acids is 1. The Labute approximate surface area is 155 Å². The second-order valence-electron chi connectivity index (χ2n) is 7.49. The van der Waals surface area contributed by atoms with Gasteiger partial charge in [0.25, 0.3) is 0 Å². The molecule has 1 aromatic rings. The van der Waals surface area contributed by atoms with E-state index in [1.807, 2.05) is 51.1 Å². The van der Waals surface area contributed by atoms with Crippen LogP contribution in [0.2, 0.25) is 0 Å². The van der Waals surface area contributed by atoms with Crippen LogP contribution >= 0.6 is 0 Å². The van der Waals surface area contributed by atoms with Crippen LogP contribution in [-0.2, 0) is 30.3 Å². The Morgan fingerprint density at radius 1 is 1.31 bits per heavy atom. The highest BCUT2D eigenvalue weighted by Gasteiger charge is 2.37. The van der Waals surface area contributed by atoms with Gasteiger partial charge in [-0.05, 0) is 19.4 Å². The number of rotatable bonds is 8. The van der Waals surface area contributed by atoms with Gasteiger partial charge in [-0.2, -0.15) is 0 Å². The van der Waals surface area contributed by atoms with Crippen LogP contribution in [0.15, 0.2) is 30.3 Å². The molecule has 0 saturated carbocycles. The van der Waals surface area contributed by atoms with Crippen LogP contribution in [0.4, 0.5) is 0 Å². The van der Waals surface area contributed by atoms with Gasteiger partial charge in [0.05, 0.1) is 32.5 Å². The van der Waals surface area contributed by atoms with E-state index in [0.29, 0.717) is 13.2 Å². The number of hydrogen-bond acceptors (Lipinski definition) is 6. The molecular formula is C20H31NO5. The fourth-order valence-corrected chi connectivity index (χ4v) is 2.94. The Bertz CT molecular complexity index is 563. The summed E-state index contributed by atoms with van der Waals surface area (Å²) >= 11 is 0. The van der Waals surface area contributed by atoms with Crippen LogP contribution in [-0.4, -0.2) is 43.7 Å². The Morgan fingerprint density at radius 2 is 2.00 bits per heavy atom. The summed E-state index contributed by atoms with van der Waals surface area (Å²) in [6.45, 7) is 9.29. The molecule has 0 unspecified atom stereocenters. The standard InChI is InChI=1S/C20H31NO5/c1-14(18-15(2)11-25-20(3,4)26-18)10-24-19(22)17(21)13-23-12-16-8-6-5-7-9-16/h5-9,14-15,17-18H,10-13,21H2,1-4H3/t14-,15-,17-,18+/m0/s1. The van der Waals surface area contributed by atoms with Gasteiger partial charge in [-0.3, -0.25) is 4.79 Å². The van der Waals surface area contributed by atoms with E-state index in [2.05, 4.69) is 6.92 Å². The third-order valence-electron chi connectivity index (χ3n) is 4.44. The molecule has 4 atom stereocenters. The summed E-state index contributed by atoms with van der Waals surface area (Å²) in [6, 6.07) is 8.95. The lowest BCUT2D eigenvalue weighted by Crippen LogP contribution is -2.48. The molecule has 6 heteroatoms. The van der Waals surface area contributed by atoms with Crippen LogP contribution < -0.4 is 5.73 Å². The number of ether oxygens (including phenoxy) is 4. The Kier molecular flexibility index (Phi) is 7.58. The van der Waals surface area contributed by atoms with E-state index in [-0.39, 0.29) is 31.2 Å². The van der Waals surface area contributed by atoms with Gasteiger partial charge in [0.15, 0.2) is 5.79 Å². The number of esters is 1. The molecule has 1 aliphatic heterocycles. The van der Waals surface area contributed by atoms with Crippen molar-refractivity contribution in [3.63, 3.8) is 0 Å². The molecule has 0 radical (unpaired) electrons. The fourth-order valence-electron chi connectivity index (χ4n) is 2.94. The van der Waals surface area contributed by atoms with Crippen molar-refractivity contribution in [1.29, 1.82) is 0 Å². The van der Waals surface area contributed by atoms with Gasteiger partial charge in [-0.25, -0.2) is 0 Å². The zero-order valence-electron chi connectivity index (χ0n) is 16.1. The summed E-state index contributed by atoms with van der Waals surface area (Å²) in [6.07, 6.45) is -0.0305. The molecule has 0 aliphatic carbocycles. The van der Waals surface area contributed by atoms with E-state index < -0.39 is 17.8 Å². The first kappa shape index (κ1) is 20.8. The van der Waals surface area contributed by atoms with Crippen molar-refractivity contribution in [1.82, 2.24) is 0 Å². The lowest BCUT2D eigenvalue weighted by Gasteiger charge is -2.42. The molecule has 0 spiro atoms. The zero-order valence-corrected chi connectivity index (χ0v) is 16.1. The van der Waals surface area contributed by atoms with E-state index in [0.717, 1.165) is 5.56 Å². The molecule has 1 aromatic carbocycles. The fraction of sp³-hybridized carbons (Fsp3) is 0.650. The topological polar surface area (TPSA) is 80.0 Å². The predicted molar refractivity (Wildman–Crippen MR) is 98.3 cm³/mol. The van der Waals surface area contributed by atoms with Gasteiger partial charge in [0, 0.05) is 11.8 Å². The first-order valence-electron chi connectivity index (χ1n) is 9.14. The van der Waals surface area contributed by atoms with Crippen LogP contribution in [0.3, 0.4) is 0 Å². The molecule has 6 nitrogen and oxygen atoms in total. The SMILES string of the molecule is C[C@@H](COC(=O)[C@@H](N)COCc1ccccc1)[C@H]1OC(C)(C)OC[C@@H]1C. The van der Waals surface area contributed by atoms with Crippen LogP contribution in [0.25, 0.3) is 0 Å². The Balaban J connectivity index is 1.71. The molecule has 0 bridgehead atoms. The summed E-state index contributed by atoms with van der Waals surface area (Å²) < 4.78 is 22.5. The van der Waals surface area contributed by atoms with Crippen LogP contribution in [0.1, 0.15) is 33.3 Å². The van der Waals surface area contributed by atoms with E-state index in [1.54, 1.807) is 0 Å². The van der Waals surface area contributed by atoms with Gasteiger partial charge >= 0.3 is 5.97 Å². The molecule has 1 saturated heterocycles. The summed E-state index contributed by atoms with van der Waals surface area (Å²) in [4.78, 5) is 12.1. The number of benzene rings is 1. The molecule has 1 aliphatic rings. The smallest absolute Gasteiger partial charge is 0.325 e. The molecule has 146 valence electrons. The molecule has 26 heavy (non-hydrogen) atoms. The minimum Gasteiger partial charge on any atom is -0.464 e. The molecule has 1 heterocycles. The van der Waals surface area contributed by atoms with Gasteiger partial charge in [0.1, 0.15) is 6.04 Å². The first-order chi connectivity index (χ1) is 12.3. The van der Waals surface area contributed by atoms with E-state index >= 15 is 0 Å². The van der Waals surface area contributed by atoms with Crippen molar-refractivity contribution >= 4 is 5.97 Å². The van der Waals surface area contributed by atoms with Crippen LogP contribution in [0.5, 0.6) is 0 Å². The van der Waals surface area contributed by atoms with Crippen molar-refractivity contribution in [3.05, 3.63) is 35.9 Å². The van der Waals surface area contributed by atoms with E-state index in [9.17, 15) is 4.79 Å². The van der Waals surface area contributed by atoms with Gasteiger partial charge in [-0.15, -0.1) is 0 Å². The highest BCUT2D eigenvalue weighted by molar-refractivity contribution is 5.75. The normalized spacial score (nSPS) is 24.7. The van der Waals surface area contributed by atoms with Crippen molar-refractivity contribution in [2.45, 2.75) is 52.2 Å². The van der Waals surface area contributed by atoms with E-state index in [4.69, 9.17) is 24.7 Å². The van der Waals surface area contributed by atoms with Crippen molar-refractivity contribution in [3.8, 4) is 0 Å². The quantitative estimate of drug-likeness (QED) is 0.713. The number of nitrogens with two attached hydrogens (primary N) is 1. The van der Waals surface area contributed by atoms with Crippen molar-refractivity contribution < 1.29 is 23.7 Å². The lowest BCUT2D eigenvalue weighted by atomic mass is 9.93. The first-order valence-corrected chi connectivity index (χ1v) is 9.14. The van der Waals surface area contributed by atoms with Gasteiger partial charge in [0.2, 0.25) is 0 Å². The summed E-state index contributed by atoms with van der Waals surface area (Å²) in [5.74, 6) is -0.782. The van der Waals surface area contributed by atoms with Crippen molar-refractivity contribution in [2.24, 2.45) is 17.6 Å². The Morgan fingerprint density at radius 3 is 2.69 bits per heavy atom. The zero-order chi connectivity index (χ0) is 19.2. The second-order valence-corrected chi connectivity index (χ2v) is 7.49. The highest BCUT2D eigenvalue weighted by atomic mass is 16.7. The highest BCUT2D eigenvalue weighted by Crippen LogP contribution is 2.30. The largest absolute Gasteiger partial charge is 0.464 e. The predicted octanol–water partition coefficient (Wildman–Crippen LogP) is 2.50. The molecule has 0 aromatic heterocycles. The monoisotopic (exact) mass is 365 g/mol. The molecule has 0 amide bonds. The second kappa shape index (κ2) is 9.46. The maximum atomic E-state index is 12.1.